The lowest BCUT2D eigenvalue weighted by Gasteiger charge is -2.46. The van der Waals surface area contributed by atoms with E-state index in [0.717, 1.165) is 41.8 Å². The SMILES string of the molecule is O=C1O[C@H](c2ccccc2)[C@H](c2ccccc2)N2[C@H]1[C@@H](C(=O)Nc1ccc(N3CCOCC3)cc1)[C@]1(C(=O)N(C(=O)OCc3ccc([N+](=O)[O-])cc3)c3ccc(C#CC4=CCCCC4)cc31)[C@H]2c1ccccc1OCCO. The first-order valence-corrected chi connectivity index (χ1v) is 25.9. The van der Waals surface area contributed by atoms with E-state index in [1.807, 2.05) is 77.7 Å². The minimum atomic E-state index is -2.18. The second kappa shape index (κ2) is 21.9. The Hall–Kier alpha value is -8.62. The summed E-state index contributed by atoms with van der Waals surface area (Å²) >= 11 is 0. The van der Waals surface area contributed by atoms with Crippen LogP contribution in [0.1, 0.15) is 77.3 Å². The zero-order valence-corrected chi connectivity index (χ0v) is 42.0. The number of allylic oxidation sites excluding steroid dienone is 2. The van der Waals surface area contributed by atoms with Gasteiger partial charge in [0.1, 0.15) is 36.5 Å². The molecule has 0 radical (unpaired) electrons. The molecule has 6 atom stereocenters. The number of imide groups is 1. The molecule has 0 aromatic heterocycles. The van der Waals surface area contributed by atoms with Crippen molar-refractivity contribution < 1.29 is 48.2 Å². The topological polar surface area (TPSA) is 190 Å². The van der Waals surface area contributed by atoms with Gasteiger partial charge in [-0.15, -0.1) is 0 Å². The smallest absolute Gasteiger partial charge is 0.421 e. The van der Waals surface area contributed by atoms with Crippen LogP contribution in [0.3, 0.4) is 0 Å². The van der Waals surface area contributed by atoms with Crippen molar-refractivity contribution in [3.05, 3.63) is 207 Å². The first kappa shape index (κ1) is 50.5. The van der Waals surface area contributed by atoms with Gasteiger partial charge in [0, 0.05) is 47.7 Å². The molecule has 16 nitrogen and oxygen atoms in total. The number of aliphatic hydroxyl groups is 1. The van der Waals surface area contributed by atoms with Gasteiger partial charge in [-0.05, 0) is 114 Å². The molecular formula is C61H55N5O11. The Kier molecular flexibility index (Phi) is 14.4. The van der Waals surface area contributed by atoms with E-state index in [1.54, 1.807) is 54.6 Å². The van der Waals surface area contributed by atoms with Gasteiger partial charge in [0.2, 0.25) is 11.8 Å². The van der Waals surface area contributed by atoms with Crippen molar-refractivity contribution in [1.29, 1.82) is 0 Å². The summed E-state index contributed by atoms with van der Waals surface area (Å²) in [7, 11) is 0. The highest BCUT2D eigenvalue weighted by Crippen LogP contribution is 2.67. The standard InChI is InChI=1S/C61H55N5O11/c67-34-37-75-51-19-11-10-18-48(51)56-61(49-38-41(21-20-40-12-4-1-5-13-40)24-31-50(49)64(59(61)70)60(71)76-39-42-22-27-47(28-23-42)66(72)73)52(57(68)62-45-25-29-46(30-26-45)63-32-35-74-36-33-63)54-58(69)77-55(44-16-8-3-9-17-44)53(65(54)56)43-14-6-2-7-15-43/h2-3,6-12,14-19,22-31,38,52-56,67H,1,4-5,13,32-37,39H2,(H,62,68)/t52-,53-,54-,55+,56+,61-/m0/s1. The third-order valence-corrected chi connectivity index (χ3v) is 15.2. The molecule has 0 saturated carbocycles. The molecular weight excluding hydrogens is 979 g/mol. The van der Waals surface area contributed by atoms with Crippen LogP contribution in [0.5, 0.6) is 5.75 Å². The molecule has 6 aromatic rings. The van der Waals surface area contributed by atoms with Crippen LogP contribution >= 0.6 is 0 Å². The number of para-hydroxylation sites is 1. The maximum Gasteiger partial charge on any atom is 0.421 e. The van der Waals surface area contributed by atoms with Gasteiger partial charge in [-0.25, -0.2) is 9.69 Å². The summed E-state index contributed by atoms with van der Waals surface area (Å²) in [6.07, 6.45) is 3.80. The zero-order chi connectivity index (χ0) is 53.0. The number of morpholine rings is 2. The lowest BCUT2D eigenvalue weighted by atomic mass is 9.65. The average molecular weight is 1030 g/mol. The fourth-order valence-electron chi connectivity index (χ4n) is 11.8. The number of nitrogens with one attached hydrogen (secondary N) is 1. The molecule has 3 saturated heterocycles. The summed E-state index contributed by atoms with van der Waals surface area (Å²) in [5.74, 6) is 2.94. The second-order valence-corrected chi connectivity index (χ2v) is 19.6. The Morgan fingerprint density at radius 2 is 1.53 bits per heavy atom. The number of fused-ring (bicyclic) bond motifs is 3. The number of aliphatic hydroxyl groups excluding tert-OH is 1. The number of carbonyl (C=O) groups is 4. The van der Waals surface area contributed by atoms with Crippen molar-refractivity contribution in [2.75, 3.05) is 54.6 Å². The number of nitrogens with zero attached hydrogens (tertiary/aromatic N) is 4. The lowest BCUT2D eigenvalue weighted by Crippen LogP contribution is -2.54. The van der Waals surface area contributed by atoms with Gasteiger partial charge in [0.25, 0.3) is 5.69 Å². The Morgan fingerprint density at radius 1 is 0.818 bits per heavy atom. The fraction of sp³-hybridized carbons (Fsp3) is 0.279. The number of hydrogen-bond donors (Lipinski definition) is 2. The molecule has 1 aliphatic carbocycles. The molecule has 0 bridgehead atoms. The molecule has 5 aliphatic rings. The number of amides is 3. The van der Waals surface area contributed by atoms with Gasteiger partial charge in [0.05, 0.1) is 48.4 Å². The van der Waals surface area contributed by atoms with Crippen molar-refractivity contribution in [2.24, 2.45) is 5.92 Å². The number of hydrogen-bond acceptors (Lipinski definition) is 13. The van der Waals surface area contributed by atoms with Gasteiger partial charge in [-0.1, -0.05) is 96.8 Å². The molecule has 2 N–H and O–H groups in total. The molecule has 390 valence electrons. The van der Waals surface area contributed by atoms with Crippen LogP contribution in [0.2, 0.25) is 0 Å². The highest BCUT2D eigenvalue weighted by molar-refractivity contribution is 6.24. The van der Waals surface area contributed by atoms with Gasteiger partial charge >= 0.3 is 12.1 Å². The lowest BCUT2D eigenvalue weighted by molar-refractivity contribution is -0.384. The summed E-state index contributed by atoms with van der Waals surface area (Å²) in [5.41, 5.74) is 2.93. The molecule has 11 rings (SSSR count). The number of anilines is 3. The highest BCUT2D eigenvalue weighted by Gasteiger charge is 2.76. The zero-order valence-electron chi connectivity index (χ0n) is 42.0. The summed E-state index contributed by atoms with van der Waals surface area (Å²) in [6, 6.07) is 40.0. The Morgan fingerprint density at radius 3 is 2.23 bits per heavy atom. The molecule has 1 spiro atoms. The third kappa shape index (κ3) is 9.58. The van der Waals surface area contributed by atoms with Gasteiger partial charge in [0.15, 0.2) is 0 Å². The number of carbonyl (C=O) groups excluding carboxylic acids is 4. The quantitative estimate of drug-likeness (QED) is 0.0511. The number of nitro benzene ring substituents is 1. The van der Waals surface area contributed by atoms with Gasteiger partial charge in [-0.2, -0.15) is 0 Å². The van der Waals surface area contributed by atoms with E-state index in [4.69, 9.17) is 18.9 Å². The van der Waals surface area contributed by atoms with E-state index < -0.39 is 64.4 Å². The van der Waals surface area contributed by atoms with Gasteiger partial charge < -0.3 is 34.3 Å². The molecule has 3 fully saturated rings. The number of nitro groups is 1. The van der Waals surface area contributed by atoms with Crippen LogP contribution in [0.15, 0.2) is 163 Å². The average Bonchev–Trinajstić information content (AvgIpc) is 4.08. The maximum absolute atomic E-state index is 16.9. The Bertz CT molecular complexity index is 3300. The Labute approximate surface area is 444 Å². The summed E-state index contributed by atoms with van der Waals surface area (Å²) in [4.78, 5) is 79.8. The molecule has 16 heteroatoms. The van der Waals surface area contributed by atoms with Crippen LogP contribution in [-0.4, -0.2) is 84.4 Å². The monoisotopic (exact) mass is 1030 g/mol. The van der Waals surface area contributed by atoms with E-state index in [2.05, 4.69) is 28.1 Å². The Balaban J connectivity index is 1.15. The second-order valence-electron chi connectivity index (χ2n) is 19.6. The van der Waals surface area contributed by atoms with E-state index in [0.29, 0.717) is 59.8 Å². The van der Waals surface area contributed by atoms with Crippen LogP contribution in [-0.2, 0) is 40.6 Å². The van der Waals surface area contributed by atoms with E-state index in [9.17, 15) is 15.2 Å². The number of rotatable bonds is 12. The first-order chi connectivity index (χ1) is 37.6. The number of cyclic esters (lactones) is 1. The number of non-ortho nitro benzene ring substituents is 1. The van der Waals surface area contributed by atoms with Crippen molar-refractivity contribution in [3.63, 3.8) is 0 Å². The van der Waals surface area contributed by atoms with Gasteiger partial charge in [-0.3, -0.25) is 29.4 Å². The van der Waals surface area contributed by atoms with E-state index >= 15 is 19.2 Å². The fourth-order valence-corrected chi connectivity index (χ4v) is 11.8. The van der Waals surface area contributed by atoms with Crippen molar-refractivity contribution >= 4 is 46.6 Å². The van der Waals surface area contributed by atoms with Crippen LogP contribution in [0.4, 0.5) is 27.5 Å². The first-order valence-electron chi connectivity index (χ1n) is 25.9. The maximum atomic E-state index is 16.9. The van der Waals surface area contributed by atoms with Crippen LogP contribution < -0.4 is 19.9 Å². The van der Waals surface area contributed by atoms with Crippen LogP contribution in [0.25, 0.3) is 0 Å². The predicted molar refractivity (Wildman–Crippen MR) is 286 cm³/mol. The number of ether oxygens (including phenoxy) is 4. The summed E-state index contributed by atoms with van der Waals surface area (Å²) < 4.78 is 24.6. The van der Waals surface area contributed by atoms with E-state index in [-0.39, 0.29) is 42.5 Å². The third-order valence-electron chi connectivity index (χ3n) is 15.2. The predicted octanol–water partition coefficient (Wildman–Crippen LogP) is 9.30. The minimum Gasteiger partial charge on any atom is -0.491 e. The largest absolute Gasteiger partial charge is 0.491 e. The van der Waals surface area contributed by atoms with E-state index in [1.165, 1.54) is 24.3 Å². The molecule has 4 heterocycles. The van der Waals surface area contributed by atoms with Crippen LogP contribution in [0, 0.1) is 27.9 Å². The molecule has 3 amide bonds. The summed E-state index contributed by atoms with van der Waals surface area (Å²) in [6.45, 7) is 1.66. The minimum absolute atomic E-state index is 0.0987. The summed E-state index contributed by atoms with van der Waals surface area (Å²) in [5, 5.41) is 24.8. The highest BCUT2D eigenvalue weighted by atomic mass is 16.6. The van der Waals surface area contributed by atoms with Crippen molar-refractivity contribution in [1.82, 2.24) is 4.90 Å². The molecule has 4 aliphatic heterocycles. The van der Waals surface area contributed by atoms with Crippen molar-refractivity contribution in [3.8, 4) is 17.6 Å². The molecule has 77 heavy (non-hydrogen) atoms. The number of esters is 1. The number of benzene rings is 6. The normalized spacial score (nSPS) is 22.7. The molecule has 6 aromatic carbocycles. The van der Waals surface area contributed by atoms with Crippen molar-refractivity contribution in [2.45, 2.75) is 61.9 Å². The molecule has 0 unspecified atom stereocenters.